The van der Waals surface area contributed by atoms with Gasteiger partial charge in [-0.25, -0.2) is 4.98 Å². The highest BCUT2D eigenvalue weighted by atomic mass is 35.5. The first-order chi connectivity index (χ1) is 14.2. The molecule has 6 nitrogen and oxygen atoms in total. The molecular weight excluding hydrogens is 423 g/mol. The first kappa shape index (κ1) is 21.9. The van der Waals surface area contributed by atoms with Crippen molar-refractivity contribution in [3.8, 4) is 0 Å². The third kappa shape index (κ3) is 5.02. The predicted octanol–water partition coefficient (Wildman–Crippen LogP) is 3.74. The van der Waals surface area contributed by atoms with Gasteiger partial charge in [-0.2, -0.15) is 13.2 Å². The maximum atomic E-state index is 12.8. The number of esters is 1. The minimum atomic E-state index is -4.53. The SMILES string of the molecule is NC(=O)C(OC(=O)C1CCN(c2ncc(C(F)(F)F)cc2Cl)CC1)c1ccccc1. The molecule has 10 heteroatoms. The van der Waals surface area contributed by atoms with E-state index in [1.807, 2.05) is 0 Å². The van der Waals surface area contributed by atoms with E-state index in [-0.39, 0.29) is 10.8 Å². The molecule has 1 saturated heterocycles. The summed E-state index contributed by atoms with van der Waals surface area (Å²) in [6, 6.07) is 9.30. The Labute approximate surface area is 175 Å². The maximum Gasteiger partial charge on any atom is 0.417 e. The Morgan fingerprint density at radius 1 is 1.20 bits per heavy atom. The quantitative estimate of drug-likeness (QED) is 0.714. The van der Waals surface area contributed by atoms with Crippen molar-refractivity contribution in [3.05, 3.63) is 58.7 Å². The van der Waals surface area contributed by atoms with Crippen LogP contribution in [-0.2, 0) is 20.5 Å². The molecule has 0 bridgehead atoms. The van der Waals surface area contributed by atoms with Crippen LogP contribution in [0.4, 0.5) is 19.0 Å². The monoisotopic (exact) mass is 441 g/mol. The number of nitrogens with zero attached hydrogens (tertiary/aromatic N) is 2. The highest BCUT2D eigenvalue weighted by molar-refractivity contribution is 6.33. The molecule has 1 aromatic heterocycles. The van der Waals surface area contributed by atoms with E-state index in [0.29, 0.717) is 31.5 Å². The van der Waals surface area contributed by atoms with E-state index < -0.39 is 35.6 Å². The summed E-state index contributed by atoms with van der Waals surface area (Å²) in [5.41, 5.74) is 4.94. The van der Waals surface area contributed by atoms with Crippen molar-refractivity contribution in [3.63, 3.8) is 0 Å². The van der Waals surface area contributed by atoms with Gasteiger partial charge < -0.3 is 15.4 Å². The van der Waals surface area contributed by atoms with E-state index in [1.165, 1.54) is 0 Å². The number of hydrogen-bond donors (Lipinski definition) is 1. The number of hydrogen-bond acceptors (Lipinski definition) is 5. The molecule has 1 atom stereocenters. The van der Waals surface area contributed by atoms with Crippen LogP contribution in [0.2, 0.25) is 5.02 Å². The summed E-state index contributed by atoms with van der Waals surface area (Å²) >= 11 is 5.99. The van der Waals surface area contributed by atoms with Crippen LogP contribution < -0.4 is 10.6 Å². The van der Waals surface area contributed by atoms with Gasteiger partial charge in [0.2, 0.25) is 6.10 Å². The lowest BCUT2D eigenvalue weighted by Gasteiger charge is -2.32. The van der Waals surface area contributed by atoms with E-state index in [9.17, 15) is 22.8 Å². The Kier molecular flexibility index (Phi) is 6.50. The van der Waals surface area contributed by atoms with Crippen molar-refractivity contribution in [2.24, 2.45) is 11.7 Å². The summed E-state index contributed by atoms with van der Waals surface area (Å²) in [5, 5.41) is -0.108. The lowest BCUT2D eigenvalue weighted by molar-refractivity contribution is -0.160. The van der Waals surface area contributed by atoms with E-state index in [2.05, 4.69) is 4.98 Å². The molecule has 1 aliphatic heterocycles. The van der Waals surface area contributed by atoms with Crippen molar-refractivity contribution in [1.29, 1.82) is 0 Å². The van der Waals surface area contributed by atoms with Gasteiger partial charge in [-0.15, -0.1) is 0 Å². The number of anilines is 1. The fourth-order valence-electron chi connectivity index (χ4n) is 3.28. The van der Waals surface area contributed by atoms with Crippen LogP contribution in [0.25, 0.3) is 0 Å². The van der Waals surface area contributed by atoms with Crippen LogP contribution in [-0.4, -0.2) is 29.9 Å². The Balaban J connectivity index is 1.62. The Hall–Kier alpha value is -2.81. The predicted molar refractivity (Wildman–Crippen MR) is 104 cm³/mol. The van der Waals surface area contributed by atoms with Crippen molar-refractivity contribution in [2.75, 3.05) is 18.0 Å². The number of nitrogens with two attached hydrogens (primary N) is 1. The molecule has 0 aliphatic carbocycles. The van der Waals surface area contributed by atoms with Crippen molar-refractivity contribution >= 4 is 29.3 Å². The van der Waals surface area contributed by atoms with Gasteiger partial charge in [0.25, 0.3) is 5.91 Å². The Morgan fingerprint density at radius 3 is 2.37 bits per heavy atom. The third-order valence-corrected chi connectivity index (χ3v) is 5.15. The highest BCUT2D eigenvalue weighted by Gasteiger charge is 2.34. The Bertz CT molecular complexity index is 917. The second-order valence-corrected chi connectivity index (χ2v) is 7.33. The molecule has 30 heavy (non-hydrogen) atoms. The number of alkyl halides is 3. The number of ether oxygens (including phenoxy) is 1. The number of benzene rings is 1. The summed E-state index contributed by atoms with van der Waals surface area (Å²) in [6.45, 7) is 0.703. The first-order valence-electron chi connectivity index (χ1n) is 9.19. The molecule has 2 N–H and O–H groups in total. The van der Waals surface area contributed by atoms with Crippen LogP contribution in [0.5, 0.6) is 0 Å². The number of carbonyl (C=O) groups is 2. The fraction of sp³-hybridized carbons (Fsp3) is 0.350. The van der Waals surface area contributed by atoms with Crippen molar-refractivity contribution in [2.45, 2.75) is 25.1 Å². The van der Waals surface area contributed by atoms with E-state index in [0.717, 1.165) is 12.3 Å². The second-order valence-electron chi connectivity index (χ2n) is 6.92. The van der Waals surface area contributed by atoms with Gasteiger partial charge in [0.15, 0.2) is 0 Å². The lowest BCUT2D eigenvalue weighted by Crippen LogP contribution is -2.38. The van der Waals surface area contributed by atoms with Crippen LogP contribution in [0.3, 0.4) is 0 Å². The zero-order valence-electron chi connectivity index (χ0n) is 15.7. The highest BCUT2D eigenvalue weighted by Crippen LogP contribution is 2.35. The average Bonchev–Trinajstić information content (AvgIpc) is 2.71. The molecule has 1 fully saturated rings. The number of carbonyl (C=O) groups excluding carboxylic acids is 2. The number of pyridine rings is 1. The van der Waals surface area contributed by atoms with E-state index in [1.54, 1.807) is 35.2 Å². The smallest absolute Gasteiger partial charge is 0.417 e. The number of piperidine rings is 1. The maximum absolute atomic E-state index is 12.8. The van der Waals surface area contributed by atoms with Crippen LogP contribution in [0.15, 0.2) is 42.6 Å². The molecule has 1 aliphatic rings. The summed E-state index contributed by atoms with van der Waals surface area (Å²) in [5.74, 6) is -1.56. The summed E-state index contributed by atoms with van der Waals surface area (Å²) in [4.78, 5) is 29.8. The molecule has 1 aromatic carbocycles. The number of aromatic nitrogens is 1. The van der Waals surface area contributed by atoms with Crippen molar-refractivity contribution < 1.29 is 27.5 Å². The third-order valence-electron chi connectivity index (χ3n) is 4.87. The lowest BCUT2D eigenvalue weighted by atomic mass is 9.96. The molecule has 160 valence electrons. The minimum absolute atomic E-state index is 0.108. The molecule has 0 radical (unpaired) electrons. The molecule has 3 rings (SSSR count). The number of halogens is 4. The average molecular weight is 442 g/mol. The van der Waals surface area contributed by atoms with E-state index >= 15 is 0 Å². The molecule has 0 spiro atoms. The van der Waals surface area contributed by atoms with Gasteiger partial charge >= 0.3 is 12.1 Å². The van der Waals surface area contributed by atoms with Crippen LogP contribution in [0, 0.1) is 5.92 Å². The normalized spacial score (nSPS) is 16.2. The van der Waals surface area contributed by atoms with Gasteiger partial charge in [-0.1, -0.05) is 41.9 Å². The number of primary amides is 1. The van der Waals surface area contributed by atoms with Crippen molar-refractivity contribution in [1.82, 2.24) is 4.98 Å². The van der Waals surface area contributed by atoms with Gasteiger partial charge in [0.1, 0.15) is 5.82 Å². The largest absolute Gasteiger partial charge is 0.447 e. The molecule has 2 heterocycles. The molecule has 2 aromatic rings. The summed E-state index contributed by atoms with van der Waals surface area (Å²) < 4.78 is 43.7. The van der Waals surface area contributed by atoms with E-state index in [4.69, 9.17) is 22.1 Å². The zero-order chi connectivity index (χ0) is 21.9. The van der Waals surface area contributed by atoms with Gasteiger partial charge in [0.05, 0.1) is 16.5 Å². The standard InChI is InChI=1S/C20H19ClF3N3O3/c21-15-10-14(20(22,23)24)11-26-18(15)27-8-6-13(7-9-27)19(29)30-16(17(25)28)12-4-2-1-3-5-12/h1-5,10-11,13,16H,6-9H2,(H2,25,28). The van der Waals surface area contributed by atoms with Gasteiger partial charge in [-0.05, 0) is 18.9 Å². The second kappa shape index (κ2) is 8.91. The van der Waals surface area contributed by atoms with Gasteiger partial charge in [0, 0.05) is 24.8 Å². The molecule has 1 unspecified atom stereocenters. The van der Waals surface area contributed by atoms with Crippen LogP contribution in [0.1, 0.15) is 30.1 Å². The molecule has 0 saturated carbocycles. The Morgan fingerprint density at radius 2 is 1.83 bits per heavy atom. The minimum Gasteiger partial charge on any atom is -0.447 e. The molecular formula is C20H19ClF3N3O3. The number of amides is 1. The fourth-order valence-corrected chi connectivity index (χ4v) is 3.56. The van der Waals surface area contributed by atoms with Crippen LogP contribution >= 0.6 is 11.6 Å². The zero-order valence-corrected chi connectivity index (χ0v) is 16.5. The van der Waals surface area contributed by atoms with Gasteiger partial charge in [-0.3, -0.25) is 9.59 Å². The topological polar surface area (TPSA) is 85.5 Å². The number of rotatable bonds is 5. The summed E-state index contributed by atoms with van der Waals surface area (Å²) in [6.07, 6.45) is -4.22. The first-order valence-corrected chi connectivity index (χ1v) is 9.57. The molecule has 1 amide bonds. The summed E-state index contributed by atoms with van der Waals surface area (Å²) in [7, 11) is 0.